The van der Waals surface area contributed by atoms with Crippen LogP contribution in [0.15, 0.2) is 67.1 Å². The maximum atomic E-state index is 4.62. The van der Waals surface area contributed by atoms with Gasteiger partial charge in [-0.05, 0) is 41.2 Å². The molecule has 2 heterocycles. The van der Waals surface area contributed by atoms with E-state index >= 15 is 0 Å². The Kier molecular flexibility index (Phi) is 3.73. The highest BCUT2D eigenvalue weighted by atomic mass is 14.7. The Labute approximate surface area is 136 Å². The molecular weight excluding hydrogens is 280 g/mol. The first-order valence-corrected chi connectivity index (χ1v) is 8.03. The van der Waals surface area contributed by atoms with E-state index in [1.54, 1.807) is 0 Å². The molecule has 0 aliphatic heterocycles. The maximum Gasteiger partial charge on any atom is 0.0702 e. The van der Waals surface area contributed by atoms with E-state index in [0.29, 0.717) is 0 Å². The normalized spacial score (nSPS) is 12.9. The van der Waals surface area contributed by atoms with Crippen molar-refractivity contribution in [2.45, 2.75) is 19.3 Å². The van der Waals surface area contributed by atoms with E-state index in [0.717, 1.165) is 30.5 Å². The molecule has 0 unspecified atom stereocenters. The topological polar surface area (TPSA) is 25.8 Å². The molecule has 2 heteroatoms. The Morgan fingerprint density at radius 2 is 1.83 bits per heavy atom. The number of pyridine rings is 2. The van der Waals surface area contributed by atoms with Crippen LogP contribution in [0.1, 0.15) is 28.7 Å². The minimum Gasteiger partial charge on any atom is -0.264 e. The van der Waals surface area contributed by atoms with Gasteiger partial charge in [0.2, 0.25) is 0 Å². The van der Waals surface area contributed by atoms with E-state index in [4.69, 9.17) is 0 Å². The highest BCUT2D eigenvalue weighted by molar-refractivity contribution is 5.61. The van der Waals surface area contributed by atoms with Crippen LogP contribution in [0.2, 0.25) is 0 Å². The number of aromatic nitrogens is 2. The van der Waals surface area contributed by atoms with Crippen LogP contribution in [-0.2, 0) is 12.8 Å². The summed E-state index contributed by atoms with van der Waals surface area (Å²) in [6.07, 6.45) is 13.5. The molecule has 1 aromatic carbocycles. The van der Waals surface area contributed by atoms with Crippen LogP contribution in [0.4, 0.5) is 0 Å². The standard InChI is InChI=1S/C21H18N2/c1-2-6-17(7-3-1)21-11-10-16(13-23-21)12-19-15-22-14-18-8-4-5-9-20(18)19/h1-3,5-7,9-11,13-15H,4,8,12H2. The van der Waals surface area contributed by atoms with Crippen LogP contribution in [0.5, 0.6) is 0 Å². The molecule has 0 spiro atoms. The van der Waals surface area contributed by atoms with E-state index < -0.39 is 0 Å². The molecule has 1 aliphatic carbocycles. The number of hydrogen-bond acceptors (Lipinski definition) is 2. The summed E-state index contributed by atoms with van der Waals surface area (Å²) < 4.78 is 0. The fourth-order valence-electron chi connectivity index (χ4n) is 3.09. The zero-order valence-corrected chi connectivity index (χ0v) is 12.9. The molecule has 0 atom stereocenters. The van der Waals surface area contributed by atoms with Crippen molar-refractivity contribution in [1.82, 2.24) is 9.97 Å². The predicted octanol–water partition coefficient (Wildman–Crippen LogP) is 4.69. The van der Waals surface area contributed by atoms with Gasteiger partial charge in [0, 0.05) is 30.6 Å². The van der Waals surface area contributed by atoms with Crippen LogP contribution < -0.4 is 0 Å². The number of rotatable bonds is 3. The van der Waals surface area contributed by atoms with Gasteiger partial charge in [-0.3, -0.25) is 9.97 Å². The number of allylic oxidation sites excluding steroid dienone is 1. The number of nitrogens with zero attached hydrogens (tertiary/aromatic N) is 2. The summed E-state index contributed by atoms with van der Waals surface area (Å²) in [4.78, 5) is 9.02. The minimum atomic E-state index is 0.878. The first-order chi connectivity index (χ1) is 11.4. The molecule has 112 valence electrons. The molecule has 0 bridgehead atoms. The quantitative estimate of drug-likeness (QED) is 0.701. The van der Waals surface area contributed by atoms with Crippen molar-refractivity contribution in [3.63, 3.8) is 0 Å². The van der Waals surface area contributed by atoms with Crippen molar-refractivity contribution in [3.8, 4) is 11.3 Å². The number of aryl methyl sites for hydroxylation is 1. The molecule has 23 heavy (non-hydrogen) atoms. The number of benzene rings is 1. The van der Waals surface area contributed by atoms with Crippen molar-refractivity contribution in [2.75, 3.05) is 0 Å². The molecule has 0 radical (unpaired) electrons. The SMILES string of the molecule is C1=Cc2c(cncc2Cc2ccc(-c3ccccc3)nc2)CC1. The molecule has 2 nitrogen and oxygen atoms in total. The number of fused-ring (bicyclic) bond motifs is 1. The predicted molar refractivity (Wildman–Crippen MR) is 94.1 cm³/mol. The molecular formula is C21H18N2. The zero-order valence-electron chi connectivity index (χ0n) is 12.9. The van der Waals surface area contributed by atoms with Gasteiger partial charge in [-0.25, -0.2) is 0 Å². The largest absolute Gasteiger partial charge is 0.264 e. The molecule has 0 amide bonds. The van der Waals surface area contributed by atoms with Crippen molar-refractivity contribution < 1.29 is 0 Å². The third kappa shape index (κ3) is 2.93. The fraction of sp³-hybridized carbons (Fsp3) is 0.143. The molecule has 0 fully saturated rings. The van der Waals surface area contributed by atoms with Crippen LogP contribution in [-0.4, -0.2) is 9.97 Å². The summed E-state index contributed by atoms with van der Waals surface area (Å²) in [7, 11) is 0. The van der Waals surface area contributed by atoms with E-state index in [1.165, 1.54) is 22.3 Å². The van der Waals surface area contributed by atoms with Gasteiger partial charge in [-0.2, -0.15) is 0 Å². The van der Waals surface area contributed by atoms with Gasteiger partial charge in [0.15, 0.2) is 0 Å². The fourth-order valence-corrected chi connectivity index (χ4v) is 3.09. The monoisotopic (exact) mass is 298 g/mol. The second-order valence-corrected chi connectivity index (χ2v) is 5.91. The summed E-state index contributed by atoms with van der Waals surface area (Å²) in [6, 6.07) is 14.6. The number of hydrogen-bond donors (Lipinski definition) is 0. The van der Waals surface area contributed by atoms with Crippen LogP contribution in [0.3, 0.4) is 0 Å². The average molecular weight is 298 g/mol. The minimum absolute atomic E-state index is 0.878. The van der Waals surface area contributed by atoms with Gasteiger partial charge in [0.25, 0.3) is 0 Å². The highest BCUT2D eigenvalue weighted by Gasteiger charge is 2.10. The molecule has 0 N–H and O–H groups in total. The van der Waals surface area contributed by atoms with E-state index in [9.17, 15) is 0 Å². The lowest BCUT2D eigenvalue weighted by Crippen LogP contribution is -2.01. The van der Waals surface area contributed by atoms with Crippen molar-refractivity contribution in [3.05, 3.63) is 89.4 Å². The smallest absolute Gasteiger partial charge is 0.0702 e. The van der Waals surface area contributed by atoms with Gasteiger partial charge < -0.3 is 0 Å². The zero-order chi connectivity index (χ0) is 15.5. The summed E-state index contributed by atoms with van der Waals surface area (Å²) in [5, 5.41) is 0. The molecule has 4 rings (SSSR count). The third-order valence-electron chi connectivity index (χ3n) is 4.31. The summed E-state index contributed by atoms with van der Waals surface area (Å²) >= 11 is 0. The molecule has 0 saturated carbocycles. The second-order valence-electron chi connectivity index (χ2n) is 5.91. The Balaban J connectivity index is 1.60. The molecule has 1 aliphatic rings. The lowest BCUT2D eigenvalue weighted by atomic mass is 9.93. The average Bonchev–Trinajstić information content (AvgIpc) is 2.63. The molecule has 0 saturated heterocycles. The Hall–Kier alpha value is -2.74. The third-order valence-corrected chi connectivity index (χ3v) is 4.31. The van der Waals surface area contributed by atoms with Crippen molar-refractivity contribution in [2.24, 2.45) is 0 Å². The first-order valence-electron chi connectivity index (χ1n) is 8.03. The van der Waals surface area contributed by atoms with Gasteiger partial charge >= 0.3 is 0 Å². The Morgan fingerprint density at radius 3 is 2.65 bits per heavy atom. The van der Waals surface area contributed by atoms with Gasteiger partial charge in [0.1, 0.15) is 0 Å². The summed E-state index contributed by atoms with van der Waals surface area (Å²) in [5.41, 5.74) is 7.38. The van der Waals surface area contributed by atoms with E-state index in [-0.39, 0.29) is 0 Å². The summed E-state index contributed by atoms with van der Waals surface area (Å²) in [5.74, 6) is 0. The molecule has 2 aromatic heterocycles. The molecule has 3 aromatic rings. The maximum absolute atomic E-state index is 4.62. The van der Waals surface area contributed by atoms with Gasteiger partial charge in [-0.1, -0.05) is 48.6 Å². The van der Waals surface area contributed by atoms with Crippen LogP contribution in [0.25, 0.3) is 17.3 Å². The first kappa shape index (κ1) is 13.9. The second kappa shape index (κ2) is 6.17. The Morgan fingerprint density at radius 1 is 0.913 bits per heavy atom. The van der Waals surface area contributed by atoms with Crippen molar-refractivity contribution in [1.29, 1.82) is 0 Å². The van der Waals surface area contributed by atoms with E-state index in [1.807, 2.05) is 36.8 Å². The van der Waals surface area contributed by atoms with Gasteiger partial charge in [-0.15, -0.1) is 0 Å². The van der Waals surface area contributed by atoms with Crippen LogP contribution in [0, 0.1) is 0 Å². The van der Waals surface area contributed by atoms with Crippen LogP contribution >= 0.6 is 0 Å². The lowest BCUT2D eigenvalue weighted by Gasteiger charge is -2.14. The van der Waals surface area contributed by atoms with E-state index in [2.05, 4.69) is 46.4 Å². The Bertz CT molecular complexity index is 833. The lowest BCUT2D eigenvalue weighted by molar-refractivity contribution is 0.954. The highest BCUT2D eigenvalue weighted by Crippen LogP contribution is 2.24. The van der Waals surface area contributed by atoms with Crippen molar-refractivity contribution >= 4 is 6.08 Å². The van der Waals surface area contributed by atoms with Gasteiger partial charge in [0.05, 0.1) is 5.69 Å². The summed E-state index contributed by atoms with van der Waals surface area (Å²) in [6.45, 7) is 0.